The standard InChI is InChI=1S/C25H22ClN5O3/c1-27-23-14-16(11-13-28-23)20-4-3-12-29-24(20)34-19-8-6-18(7-9-19)30-25(32)31-21-15-17(26)5-10-22(21)33-2/h3-15H,1-2H3,(H,27,28)(H2,30,31,32). The lowest BCUT2D eigenvalue weighted by molar-refractivity contribution is 0.262. The molecule has 0 aliphatic carbocycles. The number of methoxy groups -OCH3 is 1. The molecule has 0 aliphatic heterocycles. The van der Waals surface area contributed by atoms with Gasteiger partial charge in [-0.2, -0.15) is 0 Å². The number of nitrogens with one attached hydrogen (secondary N) is 3. The molecule has 2 aromatic heterocycles. The van der Waals surface area contributed by atoms with Crippen molar-refractivity contribution in [3.63, 3.8) is 0 Å². The Bertz CT molecular complexity index is 1300. The average molecular weight is 476 g/mol. The van der Waals surface area contributed by atoms with Gasteiger partial charge in [-0.25, -0.2) is 14.8 Å². The number of ether oxygens (including phenoxy) is 2. The van der Waals surface area contributed by atoms with E-state index in [2.05, 4.69) is 25.9 Å². The summed E-state index contributed by atoms with van der Waals surface area (Å²) in [6.45, 7) is 0. The summed E-state index contributed by atoms with van der Waals surface area (Å²) in [6.07, 6.45) is 3.39. The average Bonchev–Trinajstić information content (AvgIpc) is 2.86. The van der Waals surface area contributed by atoms with Crippen LogP contribution in [-0.2, 0) is 0 Å². The quantitative estimate of drug-likeness (QED) is 0.291. The third kappa shape index (κ3) is 5.54. The second kappa shape index (κ2) is 10.5. The van der Waals surface area contributed by atoms with E-state index in [-0.39, 0.29) is 0 Å². The van der Waals surface area contributed by atoms with Crippen molar-refractivity contribution in [1.82, 2.24) is 9.97 Å². The summed E-state index contributed by atoms with van der Waals surface area (Å²) in [5.74, 6) is 2.29. The predicted molar refractivity (Wildman–Crippen MR) is 134 cm³/mol. The Labute approximate surface area is 201 Å². The summed E-state index contributed by atoms with van der Waals surface area (Å²) in [5, 5.41) is 9.01. The van der Waals surface area contributed by atoms with Crippen LogP contribution in [0.5, 0.6) is 17.4 Å². The van der Waals surface area contributed by atoms with Crippen molar-refractivity contribution in [2.45, 2.75) is 0 Å². The SMILES string of the molecule is CNc1cc(-c2cccnc2Oc2ccc(NC(=O)Nc3cc(Cl)ccc3OC)cc2)ccn1. The number of urea groups is 1. The van der Waals surface area contributed by atoms with Gasteiger partial charge in [0, 0.05) is 35.7 Å². The maximum absolute atomic E-state index is 12.4. The summed E-state index contributed by atoms with van der Waals surface area (Å²) < 4.78 is 11.3. The van der Waals surface area contributed by atoms with Crippen LogP contribution in [0.25, 0.3) is 11.1 Å². The smallest absolute Gasteiger partial charge is 0.323 e. The van der Waals surface area contributed by atoms with Crippen LogP contribution in [0.1, 0.15) is 0 Å². The Balaban J connectivity index is 1.45. The third-order valence-electron chi connectivity index (χ3n) is 4.83. The Hall–Kier alpha value is -4.30. The molecule has 0 aliphatic rings. The Kier molecular flexibility index (Phi) is 7.10. The number of pyridine rings is 2. The van der Waals surface area contributed by atoms with Gasteiger partial charge in [0.05, 0.1) is 12.8 Å². The predicted octanol–water partition coefficient (Wildman–Crippen LogP) is 6.28. The van der Waals surface area contributed by atoms with Crippen molar-refractivity contribution < 1.29 is 14.3 Å². The monoisotopic (exact) mass is 475 g/mol. The number of rotatable bonds is 7. The number of hydrogen-bond acceptors (Lipinski definition) is 6. The third-order valence-corrected chi connectivity index (χ3v) is 5.07. The van der Waals surface area contributed by atoms with Crippen molar-refractivity contribution in [2.24, 2.45) is 0 Å². The van der Waals surface area contributed by atoms with Crippen molar-refractivity contribution in [3.8, 4) is 28.5 Å². The summed E-state index contributed by atoms with van der Waals surface area (Å²) in [7, 11) is 3.33. The molecular weight excluding hydrogens is 454 g/mol. The molecule has 8 nitrogen and oxygen atoms in total. The summed E-state index contributed by atoms with van der Waals surface area (Å²) >= 11 is 6.01. The molecule has 0 radical (unpaired) electrons. The molecular formula is C25H22ClN5O3. The lowest BCUT2D eigenvalue weighted by Crippen LogP contribution is -2.19. The zero-order chi connectivity index (χ0) is 23.9. The lowest BCUT2D eigenvalue weighted by Gasteiger charge is -2.13. The van der Waals surface area contributed by atoms with Gasteiger partial charge >= 0.3 is 6.03 Å². The van der Waals surface area contributed by atoms with Crippen LogP contribution in [0.3, 0.4) is 0 Å². The van der Waals surface area contributed by atoms with Crippen molar-refractivity contribution in [3.05, 3.63) is 84.1 Å². The van der Waals surface area contributed by atoms with Crippen LogP contribution < -0.4 is 25.4 Å². The maximum Gasteiger partial charge on any atom is 0.323 e. The van der Waals surface area contributed by atoms with Gasteiger partial charge < -0.3 is 25.4 Å². The van der Waals surface area contributed by atoms with Crippen LogP contribution in [-0.4, -0.2) is 30.2 Å². The van der Waals surface area contributed by atoms with Crippen molar-refractivity contribution >= 4 is 34.8 Å². The fourth-order valence-electron chi connectivity index (χ4n) is 3.21. The number of carbonyl (C=O) groups is 1. The second-order valence-corrected chi connectivity index (χ2v) is 7.52. The number of amides is 2. The molecule has 4 rings (SSSR count). The summed E-state index contributed by atoms with van der Waals surface area (Å²) in [4.78, 5) is 21.0. The Morgan fingerprint density at radius 1 is 0.941 bits per heavy atom. The van der Waals surface area contributed by atoms with Gasteiger partial charge in [0.1, 0.15) is 17.3 Å². The zero-order valence-electron chi connectivity index (χ0n) is 18.5. The van der Waals surface area contributed by atoms with Gasteiger partial charge in [-0.3, -0.25) is 0 Å². The topological polar surface area (TPSA) is 97.4 Å². The zero-order valence-corrected chi connectivity index (χ0v) is 19.3. The fraction of sp³-hybridized carbons (Fsp3) is 0.0800. The van der Waals surface area contributed by atoms with Crippen molar-refractivity contribution in [1.29, 1.82) is 0 Å². The first-order chi connectivity index (χ1) is 16.6. The highest BCUT2D eigenvalue weighted by atomic mass is 35.5. The number of aromatic nitrogens is 2. The van der Waals surface area contributed by atoms with Gasteiger partial charge in [0.25, 0.3) is 0 Å². The minimum atomic E-state index is -0.431. The first kappa shape index (κ1) is 22.9. The normalized spacial score (nSPS) is 10.3. The van der Waals surface area contributed by atoms with Crippen LogP contribution >= 0.6 is 11.6 Å². The molecule has 2 heterocycles. The molecule has 9 heteroatoms. The highest BCUT2D eigenvalue weighted by Gasteiger charge is 2.11. The van der Waals surface area contributed by atoms with Gasteiger partial charge in [-0.1, -0.05) is 11.6 Å². The van der Waals surface area contributed by atoms with E-state index in [4.69, 9.17) is 21.1 Å². The first-order valence-corrected chi connectivity index (χ1v) is 10.7. The molecule has 2 aromatic carbocycles. The molecule has 0 atom stereocenters. The summed E-state index contributed by atoms with van der Waals surface area (Å²) in [6, 6.07) is 19.1. The van der Waals surface area contributed by atoms with Crippen LogP contribution in [0.2, 0.25) is 5.02 Å². The molecule has 0 unspecified atom stereocenters. The molecule has 0 spiro atoms. The van der Waals surface area contributed by atoms with E-state index in [0.29, 0.717) is 33.8 Å². The molecule has 0 bridgehead atoms. The van der Waals surface area contributed by atoms with Gasteiger partial charge in [-0.05, 0) is 72.3 Å². The van der Waals surface area contributed by atoms with E-state index in [1.165, 1.54) is 7.11 Å². The van der Waals surface area contributed by atoms with E-state index < -0.39 is 6.03 Å². The molecule has 34 heavy (non-hydrogen) atoms. The van der Waals surface area contributed by atoms with Gasteiger partial charge in [0.2, 0.25) is 5.88 Å². The van der Waals surface area contributed by atoms with E-state index in [0.717, 1.165) is 16.9 Å². The Morgan fingerprint density at radius 2 is 1.76 bits per heavy atom. The first-order valence-electron chi connectivity index (χ1n) is 10.3. The van der Waals surface area contributed by atoms with Gasteiger partial charge in [-0.15, -0.1) is 0 Å². The number of anilines is 3. The highest BCUT2D eigenvalue weighted by molar-refractivity contribution is 6.31. The molecule has 2 amide bonds. The largest absolute Gasteiger partial charge is 0.495 e. The van der Waals surface area contributed by atoms with Crippen LogP contribution in [0.15, 0.2) is 79.1 Å². The highest BCUT2D eigenvalue weighted by Crippen LogP contribution is 2.32. The van der Waals surface area contributed by atoms with Gasteiger partial charge in [0.15, 0.2) is 0 Å². The fourth-order valence-corrected chi connectivity index (χ4v) is 3.38. The van der Waals surface area contributed by atoms with E-state index in [1.54, 1.807) is 54.9 Å². The number of carbonyl (C=O) groups excluding carboxylic acids is 1. The molecule has 0 fully saturated rings. The number of nitrogens with zero attached hydrogens (tertiary/aromatic N) is 2. The molecule has 172 valence electrons. The molecule has 3 N–H and O–H groups in total. The molecule has 4 aromatic rings. The van der Waals surface area contributed by atoms with E-state index in [1.807, 2.05) is 31.3 Å². The van der Waals surface area contributed by atoms with Crippen molar-refractivity contribution in [2.75, 3.05) is 30.1 Å². The maximum atomic E-state index is 12.4. The van der Waals surface area contributed by atoms with Crippen LogP contribution in [0.4, 0.5) is 22.0 Å². The number of halogens is 1. The molecule has 0 saturated heterocycles. The van der Waals surface area contributed by atoms with E-state index >= 15 is 0 Å². The number of hydrogen-bond donors (Lipinski definition) is 3. The Morgan fingerprint density at radius 3 is 2.53 bits per heavy atom. The lowest BCUT2D eigenvalue weighted by atomic mass is 10.1. The second-order valence-electron chi connectivity index (χ2n) is 7.09. The molecule has 0 saturated carbocycles. The minimum Gasteiger partial charge on any atom is -0.495 e. The van der Waals surface area contributed by atoms with Crippen LogP contribution in [0, 0.1) is 0 Å². The number of benzene rings is 2. The minimum absolute atomic E-state index is 0.431. The van der Waals surface area contributed by atoms with E-state index in [9.17, 15) is 4.79 Å². The summed E-state index contributed by atoms with van der Waals surface area (Å²) in [5.41, 5.74) is 2.81.